The highest BCUT2D eigenvalue weighted by Gasteiger charge is 2.12. The van der Waals surface area contributed by atoms with E-state index in [-0.39, 0.29) is 16.7 Å². The van der Waals surface area contributed by atoms with E-state index in [4.69, 9.17) is 5.11 Å². The zero-order chi connectivity index (χ0) is 14.8. The zero-order valence-corrected chi connectivity index (χ0v) is 11.6. The zero-order valence-electron chi connectivity index (χ0n) is 10.7. The molecule has 3 aromatic rings. The minimum atomic E-state index is -1.11. The summed E-state index contributed by atoms with van der Waals surface area (Å²) in [6, 6.07) is 13.1. The maximum atomic E-state index is 12.1. The van der Waals surface area contributed by atoms with Gasteiger partial charge in [0.25, 0.3) is 5.91 Å². The van der Waals surface area contributed by atoms with Gasteiger partial charge in [0, 0.05) is 10.9 Å². The molecule has 2 aromatic carbocycles. The first-order chi connectivity index (χ1) is 10.1. The van der Waals surface area contributed by atoms with E-state index in [9.17, 15) is 9.59 Å². The first-order valence-corrected chi connectivity index (χ1v) is 7.00. The topological polar surface area (TPSA) is 79.3 Å². The number of aromatic carboxylic acids is 1. The van der Waals surface area contributed by atoms with Crippen LogP contribution in [0.25, 0.3) is 10.8 Å². The molecule has 0 atom stereocenters. The van der Waals surface area contributed by atoms with Crippen LogP contribution in [0.4, 0.5) is 5.13 Å². The van der Waals surface area contributed by atoms with E-state index in [2.05, 4.69) is 10.3 Å². The summed E-state index contributed by atoms with van der Waals surface area (Å²) >= 11 is 1.08. The number of carboxylic acid groups (broad SMARTS) is 1. The van der Waals surface area contributed by atoms with Gasteiger partial charge in [0.2, 0.25) is 0 Å². The minimum Gasteiger partial charge on any atom is -0.476 e. The standard InChI is InChI=1S/C15H10N2O3S/c18-13(17-15-16-12(8-21-15)14(19)20)11-6-5-9-3-1-2-4-10(9)7-11/h1-8H,(H,19,20)(H,16,17,18). The normalized spacial score (nSPS) is 10.5. The fourth-order valence-electron chi connectivity index (χ4n) is 1.93. The van der Waals surface area contributed by atoms with Crippen LogP contribution in [0.3, 0.4) is 0 Å². The average molecular weight is 298 g/mol. The Labute approximate surface area is 123 Å². The Balaban J connectivity index is 1.84. The number of nitrogens with one attached hydrogen (secondary N) is 1. The van der Waals surface area contributed by atoms with E-state index in [1.54, 1.807) is 12.1 Å². The number of nitrogens with zero attached hydrogens (tertiary/aromatic N) is 1. The number of anilines is 1. The maximum Gasteiger partial charge on any atom is 0.355 e. The third-order valence-corrected chi connectivity index (χ3v) is 3.71. The molecule has 0 aliphatic carbocycles. The SMILES string of the molecule is O=C(Nc1nc(C(=O)O)cs1)c1ccc2ccccc2c1. The van der Waals surface area contributed by atoms with Crippen molar-refractivity contribution in [1.29, 1.82) is 0 Å². The van der Waals surface area contributed by atoms with Crippen LogP contribution >= 0.6 is 11.3 Å². The second kappa shape index (κ2) is 5.34. The Morgan fingerprint density at radius 1 is 1.10 bits per heavy atom. The van der Waals surface area contributed by atoms with Crippen LogP contribution in [0.1, 0.15) is 20.8 Å². The predicted octanol–water partition coefficient (Wildman–Crippen LogP) is 3.25. The molecule has 0 spiro atoms. The Hall–Kier alpha value is -2.73. The summed E-state index contributed by atoms with van der Waals surface area (Å²) < 4.78 is 0. The van der Waals surface area contributed by atoms with Gasteiger partial charge in [-0.2, -0.15) is 0 Å². The van der Waals surface area contributed by atoms with Crippen LogP contribution in [0.5, 0.6) is 0 Å². The lowest BCUT2D eigenvalue weighted by molar-refractivity contribution is 0.0691. The lowest BCUT2D eigenvalue weighted by Crippen LogP contribution is -2.11. The van der Waals surface area contributed by atoms with E-state index < -0.39 is 5.97 Å². The summed E-state index contributed by atoms with van der Waals surface area (Å²) in [4.78, 5) is 26.7. The number of carboxylic acids is 1. The Morgan fingerprint density at radius 3 is 2.57 bits per heavy atom. The minimum absolute atomic E-state index is 0.0752. The molecule has 3 rings (SSSR count). The van der Waals surface area contributed by atoms with Crippen LogP contribution in [0, 0.1) is 0 Å². The van der Waals surface area contributed by atoms with Gasteiger partial charge in [-0.3, -0.25) is 10.1 Å². The van der Waals surface area contributed by atoms with Gasteiger partial charge in [-0.1, -0.05) is 30.3 Å². The van der Waals surface area contributed by atoms with Crippen molar-refractivity contribution in [3.05, 3.63) is 59.1 Å². The number of carbonyl (C=O) groups is 2. The summed E-state index contributed by atoms with van der Waals surface area (Å²) in [6.45, 7) is 0. The fraction of sp³-hybridized carbons (Fsp3) is 0. The molecule has 1 amide bonds. The quantitative estimate of drug-likeness (QED) is 0.778. The van der Waals surface area contributed by atoms with Crippen LogP contribution in [-0.2, 0) is 0 Å². The lowest BCUT2D eigenvalue weighted by atomic mass is 10.1. The second-order valence-electron chi connectivity index (χ2n) is 4.36. The molecule has 0 radical (unpaired) electrons. The van der Waals surface area contributed by atoms with E-state index in [0.29, 0.717) is 5.56 Å². The molecule has 1 heterocycles. The van der Waals surface area contributed by atoms with Gasteiger partial charge in [0.1, 0.15) is 0 Å². The molecule has 0 saturated heterocycles. The number of hydrogen-bond donors (Lipinski definition) is 2. The molecule has 0 fully saturated rings. The van der Waals surface area contributed by atoms with Crippen LogP contribution in [-0.4, -0.2) is 22.0 Å². The smallest absolute Gasteiger partial charge is 0.355 e. The molecule has 0 aliphatic rings. The molecule has 0 aliphatic heterocycles. The van der Waals surface area contributed by atoms with Crippen molar-refractivity contribution in [3.8, 4) is 0 Å². The highest BCUT2D eigenvalue weighted by Crippen LogP contribution is 2.19. The summed E-state index contributed by atoms with van der Waals surface area (Å²) in [5.74, 6) is -1.43. The number of aromatic nitrogens is 1. The number of amides is 1. The Kier molecular flexibility index (Phi) is 3.37. The number of carbonyl (C=O) groups excluding carboxylic acids is 1. The summed E-state index contributed by atoms with van der Waals surface area (Å²) in [5.41, 5.74) is 0.426. The number of rotatable bonds is 3. The summed E-state index contributed by atoms with van der Waals surface area (Å²) in [5, 5.41) is 15.1. The molecule has 2 N–H and O–H groups in total. The molecule has 6 heteroatoms. The van der Waals surface area contributed by atoms with Crippen LogP contribution in [0.2, 0.25) is 0 Å². The van der Waals surface area contributed by atoms with Gasteiger partial charge in [-0.05, 0) is 22.9 Å². The molecule has 0 saturated carbocycles. The molecule has 5 nitrogen and oxygen atoms in total. The molecule has 104 valence electrons. The molecular weight excluding hydrogens is 288 g/mol. The largest absolute Gasteiger partial charge is 0.476 e. The van der Waals surface area contributed by atoms with E-state index in [1.807, 2.05) is 30.3 Å². The number of hydrogen-bond acceptors (Lipinski definition) is 4. The van der Waals surface area contributed by atoms with Crippen molar-refractivity contribution in [1.82, 2.24) is 4.98 Å². The lowest BCUT2D eigenvalue weighted by Gasteiger charge is -2.03. The highest BCUT2D eigenvalue weighted by atomic mass is 32.1. The summed E-state index contributed by atoms with van der Waals surface area (Å²) in [6.07, 6.45) is 0. The fourth-order valence-corrected chi connectivity index (χ4v) is 2.61. The van der Waals surface area contributed by atoms with Gasteiger partial charge in [-0.25, -0.2) is 9.78 Å². The van der Waals surface area contributed by atoms with Crippen molar-refractivity contribution in [2.75, 3.05) is 5.32 Å². The predicted molar refractivity (Wildman–Crippen MR) is 81.0 cm³/mol. The van der Waals surface area contributed by atoms with E-state index >= 15 is 0 Å². The first kappa shape index (κ1) is 13.3. The number of fused-ring (bicyclic) bond motifs is 1. The van der Waals surface area contributed by atoms with Crippen LogP contribution in [0.15, 0.2) is 47.8 Å². The highest BCUT2D eigenvalue weighted by molar-refractivity contribution is 7.14. The molecular formula is C15H10N2O3S. The van der Waals surface area contributed by atoms with Gasteiger partial charge in [0.15, 0.2) is 10.8 Å². The van der Waals surface area contributed by atoms with Crippen molar-refractivity contribution in [2.24, 2.45) is 0 Å². The third-order valence-electron chi connectivity index (χ3n) is 2.96. The van der Waals surface area contributed by atoms with Crippen LogP contribution < -0.4 is 5.32 Å². The Bertz CT molecular complexity index is 842. The molecule has 0 bridgehead atoms. The molecule has 0 unspecified atom stereocenters. The van der Waals surface area contributed by atoms with E-state index in [0.717, 1.165) is 22.1 Å². The maximum absolute atomic E-state index is 12.1. The van der Waals surface area contributed by atoms with Gasteiger partial charge in [0.05, 0.1) is 0 Å². The van der Waals surface area contributed by atoms with Gasteiger partial charge in [-0.15, -0.1) is 11.3 Å². The third kappa shape index (κ3) is 2.75. The van der Waals surface area contributed by atoms with Gasteiger partial charge >= 0.3 is 5.97 Å². The molecule has 21 heavy (non-hydrogen) atoms. The molecule has 1 aromatic heterocycles. The van der Waals surface area contributed by atoms with Crippen molar-refractivity contribution < 1.29 is 14.7 Å². The average Bonchev–Trinajstić information content (AvgIpc) is 2.95. The van der Waals surface area contributed by atoms with Crippen molar-refractivity contribution >= 4 is 39.1 Å². The first-order valence-electron chi connectivity index (χ1n) is 6.12. The number of thiazole rings is 1. The Morgan fingerprint density at radius 2 is 1.86 bits per heavy atom. The second-order valence-corrected chi connectivity index (χ2v) is 5.22. The van der Waals surface area contributed by atoms with E-state index in [1.165, 1.54) is 5.38 Å². The van der Waals surface area contributed by atoms with Crippen molar-refractivity contribution in [2.45, 2.75) is 0 Å². The summed E-state index contributed by atoms with van der Waals surface area (Å²) in [7, 11) is 0. The van der Waals surface area contributed by atoms with Gasteiger partial charge < -0.3 is 5.11 Å². The monoisotopic (exact) mass is 298 g/mol. The number of benzene rings is 2. The van der Waals surface area contributed by atoms with Crippen molar-refractivity contribution in [3.63, 3.8) is 0 Å².